The van der Waals surface area contributed by atoms with Gasteiger partial charge in [-0.15, -0.1) is 0 Å². The molecule has 0 spiro atoms. The van der Waals surface area contributed by atoms with Crippen molar-refractivity contribution in [3.8, 4) is 0 Å². The molecule has 1 aromatic heterocycles. The molecule has 1 heterocycles. The number of nitrogens with zero attached hydrogens (tertiary/aromatic N) is 2. The summed E-state index contributed by atoms with van der Waals surface area (Å²) >= 11 is 0. The van der Waals surface area contributed by atoms with E-state index in [1.807, 2.05) is 20.2 Å². The molecule has 6 heteroatoms. The molecule has 0 fully saturated rings. The van der Waals surface area contributed by atoms with E-state index in [-0.39, 0.29) is 17.5 Å². The predicted molar refractivity (Wildman–Crippen MR) is 64.0 cm³/mol. The lowest BCUT2D eigenvalue weighted by atomic mass is 10.2. The zero-order valence-corrected chi connectivity index (χ0v) is 10.8. The Hall–Kier alpha value is -0.880. The van der Waals surface area contributed by atoms with Gasteiger partial charge < -0.3 is 5.32 Å². The standard InChI is InChI=1S/C10H19N3O2S/c1-4-16(14,15)6-5-11-9(2)10-7-12-13(3)8-10/h7-9,11H,4-6H2,1-3H3. The van der Waals surface area contributed by atoms with Crippen LogP contribution in [0.5, 0.6) is 0 Å². The van der Waals surface area contributed by atoms with Crippen LogP contribution < -0.4 is 5.32 Å². The van der Waals surface area contributed by atoms with Crippen LogP contribution >= 0.6 is 0 Å². The van der Waals surface area contributed by atoms with Crippen LogP contribution in [0.3, 0.4) is 0 Å². The number of sulfone groups is 1. The molecule has 1 aromatic rings. The minimum Gasteiger partial charge on any atom is -0.309 e. The van der Waals surface area contributed by atoms with Crippen LogP contribution in [-0.2, 0) is 16.9 Å². The van der Waals surface area contributed by atoms with E-state index in [1.54, 1.807) is 17.8 Å². The molecule has 1 unspecified atom stereocenters. The maximum atomic E-state index is 11.3. The third-order valence-electron chi connectivity index (χ3n) is 2.53. The normalized spacial score (nSPS) is 13.9. The van der Waals surface area contributed by atoms with Crippen LogP contribution in [0.4, 0.5) is 0 Å². The molecule has 16 heavy (non-hydrogen) atoms. The summed E-state index contributed by atoms with van der Waals surface area (Å²) in [7, 11) is -1.02. The lowest BCUT2D eigenvalue weighted by Crippen LogP contribution is -2.26. The predicted octanol–water partition coefficient (Wildman–Crippen LogP) is 0.505. The molecule has 0 aromatic carbocycles. The molecule has 0 saturated heterocycles. The summed E-state index contributed by atoms with van der Waals surface area (Å²) in [6.45, 7) is 4.14. The van der Waals surface area contributed by atoms with E-state index >= 15 is 0 Å². The fourth-order valence-electron chi connectivity index (χ4n) is 1.36. The van der Waals surface area contributed by atoms with Crippen molar-refractivity contribution < 1.29 is 8.42 Å². The molecule has 5 nitrogen and oxygen atoms in total. The van der Waals surface area contributed by atoms with Crippen molar-refractivity contribution >= 4 is 9.84 Å². The highest BCUT2D eigenvalue weighted by atomic mass is 32.2. The number of hydrogen-bond donors (Lipinski definition) is 1. The average Bonchev–Trinajstić information content (AvgIpc) is 2.64. The van der Waals surface area contributed by atoms with Gasteiger partial charge in [0.2, 0.25) is 0 Å². The van der Waals surface area contributed by atoms with Crippen LogP contribution in [0.15, 0.2) is 12.4 Å². The Labute approximate surface area is 96.8 Å². The van der Waals surface area contributed by atoms with E-state index in [2.05, 4.69) is 10.4 Å². The highest BCUT2D eigenvalue weighted by molar-refractivity contribution is 7.91. The van der Waals surface area contributed by atoms with E-state index < -0.39 is 9.84 Å². The first-order valence-electron chi connectivity index (χ1n) is 5.37. The minimum atomic E-state index is -2.88. The molecular weight excluding hydrogens is 226 g/mol. The van der Waals surface area contributed by atoms with Gasteiger partial charge in [0.1, 0.15) is 0 Å². The highest BCUT2D eigenvalue weighted by Gasteiger charge is 2.10. The van der Waals surface area contributed by atoms with E-state index in [0.29, 0.717) is 6.54 Å². The Morgan fingerprint density at radius 2 is 2.25 bits per heavy atom. The molecule has 0 aliphatic heterocycles. The molecule has 0 saturated carbocycles. The summed E-state index contributed by atoms with van der Waals surface area (Å²) in [5.74, 6) is 0.393. The quantitative estimate of drug-likeness (QED) is 0.793. The van der Waals surface area contributed by atoms with Crippen molar-refractivity contribution in [2.24, 2.45) is 7.05 Å². The summed E-state index contributed by atoms with van der Waals surface area (Å²) in [6, 6.07) is 0.126. The molecule has 1 N–H and O–H groups in total. The second-order valence-electron chi connectivity index (χ2n) is 3.86. The Morgan fingerprint density at radius 1 is 1.56 bits per heavy atom. The van der Waals surface area contributed by atoms with Gasteiger partial charge in [0.15, 0.2) is 9.84 Å². The molecule has 0 aliphatic carbocycles. The maximum absolute atomic E-state index is 11.3. The van der Waals surface area contributed by atoms with E-state index in [9.17, 15) is 8.42 Å². The van der Waals surface area contributed by atoms with E-state index in [4.69, 9.17) is 0 Å². The monoisotopic (exact) mass is 245 g/mol. The molecular formula is C10H19N3O2S. The minimum absolute atomic E-state index is 0.126. The van der Waals surface area contributed by atoms with Gasteiger partial charge in [-0.3, -0.25) is 4.68 Å². The lowest BCUT2D eigenvalue weighted by Gasteiger charge is -2.11. The Balaban J connectivity index is 2.39. The van der Waals surface area contributed by atoms with Crippen LogP contribution in [0.2, 0.25) is 0 Å². The largest absolute Gasteiger partial charge is 0.309 e. The number of nitrogens with one attached hydrogen (secondary N) is 1. The van der Waals surface area contributed by atoms with Crippen molar-refractivity contribution in [1.82, 2.24) is 15.1 Å². The van der Waals surface area contributed by atoms with E-state index in [0.717, 1.165) is 5.56 Å². The molecule has 0 bridgehead atoms. The van der Waals surface area contributed by atoms with Crippen molar-refractivity contribution in [3.05, 3.63) is 18.0 Å². The first kappa shape index (κ1) is 13.2. The Kier molecular flexibility index (Phi) is 4.49. The summed E-state index contributed by atoms with van der Waals surface area (Å²) < 4.78 is 24.3. The smallest absolute Gasteiger partial charge is 0.151 e. The van der Waals surface area contributed by atoms with Gasteiger partial charge in [0.25, 0.3) is 0 Å². The number of aryl methyl sites for hydroxylation is 1. The lowest BCUT2D eigenvalue weighted by molar-refractivity contribution is 0.572. The van der Waals surface area contributed by atoms with E-state index in [1.165, 1.54) is 0 Å². The summed E-state index contributed by atoms with van der Waals surface area (Å²) in [5.41, 5.74) is 1.07. The van der Waals surface area contributed by atoms with Gasteiger partial charge in [-0.25, -0.2) is 8.42 Å². The maximum Gasteiger partial charge on any atom is 0.151 e. The van der Waals surface area contributed by atoms with Crippen molar-refractivity contribution in [3.63, 3.8) is 0 Å². The number of rotatable bonds is 6. The fourth-order valence-corrected chi connectivity index (χ4v) is 2.07. The zero-order valence-electron chi connectivity index (χ0n) is 9.97. The molecule has 0 radical (unpaired) electrons. The Morgan fingerprint density at radius 3 is 2.75 bits per heavy atom. The molecule has 92 valence electrons. The van der Waals surface area contributed by atoms with Crippen LogP contribution in [0, 0.1) is 0 Å². The molecule has 1 rings (SSSR count). The topological polar surface area (TPSA) is 64.0 Å². The van der Waals surface area contributed by atoms with Gasteiger partial charge in [0, 0.05) is 37.1 Å². The molecule has 1 atom stereocenters. The van der Waals surface area contributed by atoms with Crippen molar-refractivity contribution in [2.75, 3.05) is 18.1 Å². The van der Waals surface area contributed by atoms with Crippen molar-refractivity contribution in [2.45, 2.75) is 19.9 Å². The number of hydrogen-bond acceptors (Lipinski definition) is 4. The average molecular weight is 245 g/mol. The molecule has 0 aliphatic rings. The molecule has 0 amide bonds. The van der Waals surface area contributed by atoms with Crippen LogP contribution in [0.1, 0.15) is 25.5 Å². The fraction of sp³-hybridized carbons (Fsp3) is 0.700. The summed E-state index contributed by atoms with van der Waals surface area (Å²) in [5, 5.41) is 7.24. The van der Waals surface area contributed by atoms with Crippen molar-refractivity contribution in [1.29, 1.82) is 0 Å². The van der Waals surface area contributed by atoms with Gasteiger partial charge in [-0.05, 0) is 6.92 Å². The third kappa shape index (κ3) is 3.94. The SMILES string of the molecule is CCS(=O)(=O)CCNC(C)c1cnn(C)c1. The number of aromatic nitrogens is 2. The Bertz CT molecular complexity index is 425. The van der Waals surface area contributed by atoms with Crippen LogP contribution in [-0.4, -0.2) is 36.2 Å². The zero-order chi connectivity index (χ0) is 12.2. The van der Waals surface area contributed by atoms with Gasteiger partial charge in [-0.1, -0.05) is 6.92 Å². The van der Waals surface area contributed by atoms with Gasteiger partial charge in [-0.2, -0.15) is 5.10 Å². The first-order chi connectivity index (χ1) is 7.44. The third-order valence-corrected chi connectivity index (χ3v) is 4.23. The second kappa shape index (κ2) is 5.45. The first-order valence-corrected chi connectivity index (χ1v) is 7.19. The van der Waals surface area contributed by atoms with Gasteiger partial charge >= 0.3 is 0 Å². The van der Waals surface area contributed by atoms with Gasteiger partial charge in [0.05, 0.1) is 11.9 Å². The summed E-state index contributed by atoms with van der Waals surface area (Å²) in [6.07, 6.45) is 3.71. The summed E-state index contributed by atoms with van der Waals surface area (Å²) in [4.78, 5) is 0. The highest BCUT2D eigenvalue weighted by Crippen LogP contribution is 2.09. The van der Waals surface area contributed by atoms with Crippen LogP contribution in [0.25, 0.3) is 0 Å². The second-order valence-corrected chi connectivity index (χ2v) is 6.33.